The summed E-state index contributed by atoms with van der Waals surface area (Å²) in [5, 5.41) is 6.66. The highest BCUT2D eigenvalue weighted by atomic mass is 19.1. The highest BCUT2D eigenvalue weighted by Gasteiger charge is 2.40. The highest BCUT2D eigenvalue weighted by Crippen LogP contribution is 2.47. The number of nitrogens with zero attached hydrogens (tertiary/aromatic N) is 2. The fraction of sp³-hybridized carbons (Fsp3) is 0.136. The molecule has 0 aliphatic carbocycles. The second kappa shape index (κ2) is 6.20. The topological polar surface area (TPSA) is 24.8 Å². The standard InChI is InChI=1S/C22H16F2N2O/c23-16-10-8-14(9-11-16)19-13-20-18-6-1-2-7-21(18)27-22(26(20)25-19)15-4-3-5-17(24)12-15/h1-12,20,22H,13H2/t20-,22+/m1/s1. The number of ether oxygens (including phenoxy) is 1. The lowest BCUT2D eigenvalue weighted by Gasteiger charge is -2.38. The molecule has 134 valence electrons. The molecule has 5 rings (SSSR count). The van der Waals surface area contributed by atoms with Crippen molar-refractivity contribution in [2.24, 2.45) is 5.10 Å². The van der Waals surface area contributed by atoms with Gasteiger partial charge in [-0.1, -0.05) is 42.5 Å². The van der Waals surface area contributed by atoms with Gasteiger partial charge in [-0.25, -0.2) is 13.8 Å². The predicted octanol–water partition coefficient (Wildman–Crippen LogP) is 5.21. The molecule has 0 saturated carbocycles. The van der Waals surface area contributed by atoms with E-state index in [-0.39, 0.29) is 17.7 Å². The lowest BCUT2D eigenvalue weighted by atomic mass is 9.96. The third-order valence-corrected chi connectivity index (χ3v) is 5.01. The van der Waals surface area contributed by atoms with E-state index in [0.29, 0.717) is 12.0 Å². The number of rotatable bonds is 2. The Morgan fingerprint density at radius 1 is 0.889 bits per heavy atom. The molecular formula is C22H16F2N2O. The molecule has 0 spiro atoms. The van der Waals surface area contributed by atoms with Crippen molar-refractivity contribution in [3.8, 4) is 5.75 Å². The molecule has 2 aliphatic rings. The van der Waals surface area contributed by atoms with E-state index in [2.05, 4.69) is 0 Å². The van der Waals surface area contributed by atoms with Crippen molar-refractivity contribution in [1.82, 2.24) is 5.01 Å². The molecule has 3 aromatic carbocycles. The van der Waals surface area contributed by atoms with Crippen molar-refractivity contribution in [3.05, 3.63) is 101 Å². The minimum absolute atomic E-state index is 0.0109. The van der Waals surface area contributed by atoms with Gasteiger partial charge in [0, 0.05) is 17.5 Å². The number of benzene rings is 3. The quantitative estimate of drug-likeness (QED) is 0.625. The van der Waals surface area contributed by atoms with Gasteiger partial charge >= 0.3 is 0 Å². The molecule has 27 heavy (non-hydrogen) atoms. The van der Waals surface area contributed by atoms with Crippen LogP contribution in [0.5, 0.6) is 5.75 Å². The summed E-state index contributed by atoms with van der Waals surface area (Å²) >= 11 is 0. The largest absolute Gasteiger partial charge is 0.464 e. The van der Waals surface area contributed by atoms with E-state index >= 15 is 0 Å². The minimum Gasteiger partial charge on any atom is -0.464 e. The fourth-order valence-electron chi connectivity index (χ4n) is 3.73. The zero-order chi connectivity index (χ0) is 18.4. The van der Waals surface area contributed by atoms with Gasteiger partial charge < -0.3 is 4.74 Å². The molecule has 2 aliphatic heterocycles. The van der Waals surface area contributed by atoms with Gasteiger partial charge in [0.25, 0.3) is 0 Å². The number of fused-ring (bicyclic) bond motifs is 3. The monoisotopic (exact) mass is 362 g/mol. The SMILES string of the molecule is Fc1ccc(C2=NN3[C@H](C2)c2ccccc2O[C@H]3c2cccc(F)c2)cc1. The van der Waals surface area contributed by atoms with Gasteiger partial charge in [-0.2, -0.15) is 5.10 Å². The molecule has 3 nitrogen and oxygen atoms in total. The molecule has 0 bridgehead atoms. The highest BCUT2D eigenvalue weighted by molar-refractivity contribution is 6.01. The van der Waals surface area contributed by atoms with Crippen LogP contribution in [0, 0.1) is 11.6 Å². The Balaban J connectivity index is 1.60. The van der Waals surface area contributed by atoms with Crippen molar-refractivity contribution in [1.29, 1.82) is 0 Å². The van der Waals surface area contributed by atoms with Gasteiger partial charge in [-0.15, -0.1) is 0 Å². The Morgan fingerprint density at radius 3 is 2.52 bits per heavy atom. The summed E-state index contributed by atoms with van der Waals surface area (Å²) in [6.45, 7) is 0. The second-order valence-electron chi connectivity index (χ2n) is 6.72. The smallest absolute Gasteiger partial charge is 0.213 e. The number of hydrogen-bond donors (Lipinski definition) is 0. The molecule has 0 amide bonds. The van der Waals surface area contributed by atoms with Crippen LogP contribution >= 0.6 is 0 Å². The summed E-state index contributed by atoms with van der Waals surface area (Å²) < 4.78 is 33.3. The lowest BCUT2D eigenvalue weighted by molar-refractivity contribution is -0.0192. The Bertz CT molecular complexity index is 1030. The van der Waals surface area contributed by atoms with Crippen LogP contribution in [0.15, 0.2) is 77.9 Å². The first kappa shape index (κ1) is 16.0. The first-order chi connectivity index (χ1) is 13.2. The molecular weight excluding hydrogens is 346 g/mol. The third-order valence-electron chi connectivity index (χ3n) is 5.01. The number of hydrogen-bond acceptors (Lipinski definition) is 3. The third kappa shape index (κ3) is 2.76. The van der Waals surface area contributed by atoms with Crippen molar-refractivity contribution in [3.63, 3.8) is 0 Å². The summed E-state index contributed by atoms with van der Waals surface area (Å²) in [6.07, 6.45) is 0.163. The molecule has 3 aromatic rings. The van der Waals surface area contributed by atoms with E-state index in [1.165, 1.54) is 24.3 Å². The maximum atomic E-state index is 13.8. The van der Waals surface area contributed by atoms with Gasteiger partial charge in [0.15, 0.2) is 0 Å². The number of halogens is 2. The molecule has 2 heterocycles. The summed E-state index contributed by atoms with van der Waals surface area (Å²) in [6, 6.07) is 20.6. The minimum atomic E-state index is -0.515. The second-order valence-corrected chi connectivity index (χ2v) is 6.72. The van der Waals surface area contributed by atoms with Crippen molar-refractivity contribution < 1.29 is 13.5 Å². The maximum absolute atomic E-state index is 13.8. The van der Waals surface area contributed by atoms with Gasteiger partial charge in [-0.3, -0.25) is 0 Å². The van der Waals surface area contributed by atoms with Crippen LogP contribution in [0.3, 0.4) is 0 Å². The van der Waals surface area contributed by atoms with E-state index in [1.807, 2.05) is 35.3 Å². The maximum Gasteiger partial charge on any atom is 0.213 e. The molecule has 0 N–H and O–H groups in total. The van der Waals surface area contributed by atoms with Crippen LogP contribution in [0.2, 0.25) is 0 Å². The van der Waals surface area contributed by atoms with Crippen LogP contribution in [-0.4, -0.2) is 10.7 Å². The summed E-state index contributed by atoms with van der Waals surface area (Å²) in [7, 11) is 0. The summed E-state index contributed by atoms with van der Waals surface area (Å²) in [4.78, 5) is 0. The Morgan fingerprint density at radius 2 is 1.70 bits per heavy atom. The van der Waals surface area contributed by atoms with Crippen LogP contribution in [-0.2, 0) is 0 Å². The van der Waals surface area contributed by atoms with Crippen LogP contribution < -0.4 is 4.74 Å². The average molecular weight is 362 g/mol. The van der Waals surface area contributed by atoms with E-state index in [1.54, 1.807) is 18.2 Å². The molecule has 0 radical (unpaired) electrons. The summed E-state index contributed by atoms with van der Waals surface area (Å²) in [5.41, 5.74) is 3.49. The average Bonchev–Trinajstić information content (AvgIpc) is 3.13. The van der Waals surface area contributed by atoms with E-state index in [4.69, 9.17) is 9.84 Å². The first-order valence-corrected chi connectivity index (χ1v) is 8.82. The predicted molar refractivity (Wildman–Crippen MR) is 98.3 cm³/mol. The van der Waals surface area contributed by atoms with Gasteiger partial charge in [-0.05, 0) is 35.9 Å². The van der Waals surface area contributed by atoms with Crippen LogP contribution in [0.4, 0.5) is 8.78 Å². The fourth-order valence-corrected chi connectivity index (χ4v) is 3.73. The van der Waals surface area contributed by atoms with Gasteiger partial charge in [0.2, 0.25) is 6.23 Å². The molecule has 0 unspecified atom stereocenters. The van der Waals surface area contributed by atoms with Crippen molar-refractivity contribution >= 4 is 5.71 Å². The Labute approximate surface area is 155 Å². The molecule has 0 fully saturated rings. The van der Waals surface area contributed by atoms with Gasteiger partial charge in [0.1, 0.15) is 17.4 Å². The first-order valence-electron chi connectivity index (χ1n) is 8.82. The van der Waals surface area contributed by atoms with E-state index in [0.717, 1.165) is 22.6 Å². The van der Waals surface area contributed by atoms with Crippen LogP contribution in [0.1, 0.15) is 35.4 Å². The zero-order valence-electron chi connectivity index (χ0n) is 14.3. The van der Waals surface area contributed by atoms with Crippen LogP contribution in [0.25, 0.3) is 0 Å². The van der Waals surface area contributed by atoms with E-state index in [9.17, 15) is 8.78 Å². The summed E-state index contributed by atoms with van der Waals surface area (Å²) in [5.74, 6) is 0.193. The molecule has 2 atom stereocenters. The van der Waals surface area contributed by atoms with Crippen molar-refractivity contribution in [2.75, 3.05) is 0 Å². The number of hydrazone groups is 1. The zero-order valence-corrected chi connectivity index (χ0v) is 14.3. The van der Waals surface area contributed by atoms with E-state index < -0.39 is 6.23 Å². The molecule has 5 heteroatoms. The molecule has 0 aromatic heterocycles. The lowest BCUT2D eigenvalue weighted by Crippen LogP contribution is -2.33. The normalized spacial score (nSPS) is 20.5. The Hall–Kier alpha value is -3.21. The van der Waals surface area contributed by atoms with Crippen molar-refractivity contribution in [2.45, 2.75) is 18.7 Å². The molecule has 0 saturated heterocycles. The Kier molecular flexibility index (Phi) is 3.67. The van der Waals surface area contributed by atoms with Gasteiger partial charge in [0.05, 0.1) is 11.8 Å². The number of para-hydroxylation sites is 1.